The molecule has 0 radical (unpaired) electrons. The van der Waals surface area contributed by atoms with Gasteiger partial charge < -0.3 is 5.32 Å². The van der Waals surface area contributed by atoms with Gasteiger partial charge in [0.25, 0.3) is 0 Å². The van der Waals surface area contributed by atoms with Crippen LogP contribution < -0.4 is 5.32 Å². The minimum absolute atomic E-state index is 0.588. The van der Waals surface area contributed by atoms with Crippen molar-refractivity contribution >= 4 is 28.6 Å². The number of amides is 1. The van der Waals surface area contributed by atoms with Gasteiger partial charge in [0, 0.05) is 0 Å². The average molecular weight is 198 g/mol. The van der Waals surface area contributed by atoms with Crippen molar-refractivity contribution in [3.05, 3.63) is 0 Å². The number of rotatable bonds is 4. The molecular weight excluding hydrogens is 185 g/mol. The molecule has 1 N–H and O–H groups in total. The fourth-order valence-corrected chi connectivity index (χ4v) is 1.40. The molecule has 0 heterocycles. The number of nitrogens with one attached hydrogen (secondary N) is 1. The van der Waals surface area contributed by atoms with Gasteiger partial charge in [-0.2, -0.15) is 0 Å². The Labute approximate surface area is 77.2 Å². The highest BCUT2D eigenvalue weighted by Crippen LogP contribution is 2.22. The monoisotopic (exact) mass is 197 g/mol. The molecule has 0 rings (SSSR count). The number of halogens is 2. The summed E-state index contributed by atoms with van der Waals surface area (Å²) in [5.74, 6) is 0. The van der Waals surface area contributed by atoms with Gasteiger partial charge in [-0.15, -0.1) is 0 Å². The van der Waals surface area contributed by atoms with Crippen molar-refractivity contribution < 1.29 is 4.79 Å². The highest BCUT2D eigenvalue weighted by molar-refractivity contribution is 6.63. The van der Waals surface area contributed by atoms with Gasteiger partial charge in [0.1, 0.15) is 5.00 Å². The van der Waals surface area contributed by atoms with Crippen LogP contribution in [0.4, 0.5) is 4.79 Å². The molecule has 0 fully saturated rings. The van der Waals surface area contributed by atoms with Crippen LogP contribution in [0.25, 0.3) is 0 Å². The lowest BCUT2D eigenvalue weighted by Crippen LogP contribution is -2.40. The van der Waals surface area contributed by atoms with Crippen molar-refractivity contribution in [1.82, 2.24) is 5.32 Å². The zero-order valence-corrected chi connectivity index (χ0v) is 8.30. The Bertz CT molecular complexity index is 140. The van der Waals surface area contributed by atoms with Crippen LogP contribution in [-0.2, 0) is 0 Å². The number of alkyl halides is 1. The number of hydrogen-bond acceptors (Lipinski definition) is 1. The number of carbonyl (C=O) groups is 1. The van der Waals surface area contributed by atoms with Crippen molar-refractivity contribution in [1.29, 1.82) is 0 Å². The molecule has 0 bridgehead atoms. The van der Waals surface area contributed by atoms with Gasteiger partial charge in [-0.25, -0.2) is 0 Å². The van der Waals surface area contributed by atoms with Crippen molar-refractivity contribution in [2.24, 2.45) is 0 Å². The van der Waals surface area contributed by atoms with Crippen molar-refractivity contribution in [2.75, 3.05) is 0 Å². The molecular formula is C7H13Cl2NO. The summed E-state index contributed by atoms with van der Waals surface area (Å²) in [5, 5.41) is 1.91. The van der Waals surface area contributed by atoms with Gasteiger partial charge >= 0.3 is 5.37 Å². The van der Waals surface area contributed by atoms with E-state index in [1.54, 1.807) is 0 Å². The molecule has 1 amide bonds. The molecule has 66 valence electrons. The maximum atomic E-state index is 10.5. The van der Waals surface area contributed by atoms with Crippen LogP contribution in [0.5, 0.6) is 0 Å². The van der Waals surface area contributed by atoms with Crippen molar-refractivity contribution in [3.63, 3.8) is 0 Å². The lowest BCUT2D eigenvalue weighted by atomic mass is 10.1. The maximum Gasteiger partial charge on any atom is 0.315 e. The first-order valence-electron chi connectivity index (χ1n) is 3.70. The highest BCUT2D eigenvalue weighted by Gasteiger charge is 2.24. The molecule has 1 unspecified atom stereocenters. The summed E-state index contributed by atoms with van der Waals surface area (Å²) >= 11 is 11.1. The third-order valence-corrected chi connectivity index (χ3v) is 2.17. The van der Waals surface area contributed by atoms with E-state index < -0.39 is 10.4 Å². The van der Waals surface area contributed by atoms with Crippen LogP contribution in [0.2, 0.25) is 0 Å². The predicted molar refractivity (Wildman–Crippen MR) is 48.2 cm³/mol. The molecule has 0 aromatic heterocycles. The van der Waals surface area contributed by atoms with Crippen molar-refractivity contribution in [2.45, 2.75) is 38.1 Å². The van der Waals surface area contributed by atoms with Crippen LogP contribution >= 0.6 is 23.2 Å². The summed E-state index contributed by atoms with van der Waals surface area (Å²) < 4.78 is 0. The van der Waals surface area contributed by atoms with Crippen LogP contribution in [0.15, 0.2) is 0 Å². The fraction of sp³-hybridized carbons (Fsp3) is 0.857. The Balaban J connectivity index is 3.98. The molecule has 0 aliphatic rings. The molecule has 4 heteroatoms. The number of hydrogen-bond donors (Lipinski definition) is 1. The van der Waals surface area contributed by atoms with Gasteiger partial charge in [-0.05, 0) is 24.4 Å². The summed E-state index contributed by atoms with van der Waals surface area (Å²) in [6.45, 7) is 3.92. The van der Waals surface area contributed by atoms with Gasteiger partial charge in [-0.3, -0.25) is 4.79 Å². The third-order valence-electron chi connectivity index (χ3n) is 1.53. The van der Waals surface area contributed by atoms with Gasteiger partial charge in [-0.1, -0.05) is 31.9 Å². The third kappa shape index (κ3) is 4.49. The summed E-state index contributed by atoms with van der Waals surface area (Å²) in [5.41, 5.74) is 0. The van der Waals surface area contributed by atoms with E-state index in [2.05, 4.69) is 5.32 Å². The lowest BCUT2D eigenvalue weighted by molar-refractivity contribution is 0.252. The van der Waals surface area contributed by atoms with Gasteiger partial charge in [0.2, 0.25) is 0 Å². The summed E-state index contributed by atoms with van der Waals surface area (Å²) in [6, 6.07) is 0. The molecule has 0 aromatic carbocycles. The van der Waals surface area contributed by atoms with E-state index in [1.807, 2.05) is 13.8 Å². The Morgan fingerprint density at radius 1 is 1.55 bits per heavy atom. The molecule has 0 aromatic rings. The van der Waals surface area contributed by atoms with E-state index >= 15 is 0 Å². The molecule has 0 saturated heterocycles. The standard InChI is InChI=1S/C7H13Cl2NO/c1-3-5-7(9,4-2)10-6(8)11/h3-5H2,1-2H3,(H,10,11). The van der Waals surface area contributed by atoms with E-state index in [0.29, 0.717) is 6.42 Å². The molecule has 2 nitrogen and oxygen atoms in total. The molecule has 0 saturated carbocycles. The Kier molecular flexibility index (Phi) is 4.86. The lowest BCUT2D eigenvalue weighted by Gasteiger charge is -2.24. The van der Waals surface area contributed by atoms with Crippen LogP contribution in [-0.4, -0.2) is 10.4 Å². The minimum Gasteiger partial charge on any atom is -0.324 e. The summed E-state index contributed by atoms with van der Waals surface area (Å²) in [7, 11) is 0. The normalized spacial score (nSPS) is 15.6. The highest BCUT2D eigenvalue weighted by atomic mass is 35.5. The summed E-state index contributed by atoms with van der Waals surface area (Å²) in [6.07, 6.45) is 2.35. The van der Waals surface area contributed by atoms with Gasteiger partial charge in [0.15, 0.2) is 0 Å². The van der Waals surface area contributed by atoms with Crippen LogP contribution in [0.3, 0.4) is 0 Å². The van der Waals surface area contributed by atoms with Gasteiger partial charge in [0.05, 0.1) is 0 Å². The topological polar surface area (TPSA) is 29.1 Å². The molecule has 0 spiro atoms. The molecule has 0 aliphatic heterocycles. The van der Waals surface area contributed by atoms with Crippen LogP contribution in [0, 0.1) is 0 Å². The molecule has 1 atom stereocenters. The predicted octanol–water partition coefficient (Wildman–Crippen LogP) is 3.08. The largest absolute Gasteiger partial charge is 0.324 e. The molecule has 11 heavy (non-hydrogen) atoms. The SMILES string of the molecule is CCCC(Cl)(CC)NC(=O)Cl. The van der Waals surface area contributed by atoms with Crippen molar-refractivity contribution in [3.8, 4) is 0 Å². The Morgan fingerprint density at radius 3 is 2.36 bits per heavy atom. The first kappa shape index (κ1) is 11.1. The summed E-state index contributed by atoms with van der Waals surface area (Å²) in [4.78, 5) is 9.82. The van der Waals surface area contributed by atoms with E-state index in [1.165, 1.54) is 0 Å². The Hall–Kier alpha value is 0.0500. The fourth-order valence-electron chi connectivity index (χ4n) is 0.900. The van der Waals surface area contributed by atoms with Crippen LogP contribution in [0.1, 0.15) is 33.1 Å². The first-order valence-corrected chi connectivity index (χ1v) is 4.46. The number of carbonyl (C=O) groups excluding carboxylic acids is 1. The van der Waals surface area contributed by atoms with E-state index in [-0.39, 0.29) is 0 Å². The minimum atomic E-state index is -0.645. The smallest absolute Gasteiger partial charge is 0.315 e. The van der Waals surface area contributed by atoms with E-state index in [4.69, 9.17) is 23.2 Å². The maximum absolute atomic E-state index is 10.5. The second kappa shape index (κ2) is 4.83. The second-order valence-electron chi connectivity index (χ2n) is 2.47. The quantitative estimate of drug-likeness (QED) is 0.419. The average Bonchev–Trinajstić information content (AvgIpc) is 1.87. The zero-order valence-electron chi connectivity index (χ0n) is 6.79. The molecule has 0 aliphatic carbocycles. The second-order valence-corrected chi connectivity index (χ2v) is 3.53. The van der Waals surface area contributed by atoms with E-state index in [0.717, 1.165) is 12.8 Å². The zero-order chi connectivity index (χ0) is 8.91. The van der Waals surface area contributed by atoms with E-state index in [9.17, 15) is 4.79 Å². The Morgan fingerprint density at radius 2 is 2.09 bits per heavy atom. The first-order chi connectivity index (χ1) is 5.04.